The molecule has 0 N–H and O–H groups in total. The second-order valence-corrected chi connectivity index (χ2v) is 5.73. The minimum Gasteiger partial charge on any atom is -0.248 e. The summed E-state index contributed by atoms with van der Waals surface area (Å²) in [6, 6.07) is 0. The van der Waals surface area contributed by atoms with Crippen LogP contribution in [0.5, 0.6) is 0 Å². The molecule has 0 aliphatic rings. The maximum Gasteiger partial charge on any atom is 0.527 e. The van der Waals surface area contributed by atoms with Crippen molar-refractivity contribution in [1.82, 2.24) is 0 Å². The number of halogens is 21. The van der Waals surface area contributed by atoms with Crippen LogP contribution in [0.1, 0.15) is 0 Å². The molecule has 0 rings (SSSR count). The van der Waals surface area contributed by atoms with Crippen molar-refractivity contribution in [2.45, 2.75) is 61.3 Å². The maximum atomic E-state index is 13.1. The number of hydrogen-bond donors (Lipinski definition) is 0. The van der Waals surface area contributed by atoms with E-state index in [0.29, 0.717) is 0 Å². The summed E-state index contributed by atoms with van der Waals surface area (Å²) in [7, 11) is 0. The van der Waals surface area contributed by atoms with E-state index in [4.69, 9.17) is 0 Å². The first kappa shape index (κ1) is 35.3. The van der Waals surface area contributed by atoms with Gasteiger partial charge < -0.3 is 0 Å². The lowest BCUT2D eigenvalue weighted by atomic mass is 10.4. The molecule has 0 amide bonds. The van der Waals surface area contributed by atoms with E-state index in [0.717, 1.165) is 0 Å². The molecule has 0 heterocycles. The average Bonchev–Trinajstić information content (AvgIpc) is 2.45. The first-order valence-electron chi connectivity index (χ1n) is 7.36. The monoisotopic (exact) mass is 613 g/mol. The standard InChI is InChI=1S/C11H2F21O5/c1-2(12,13)33-3(14,15)4(16,17)34-5(18,19)6(20,21)35-7(22,23)8(24,25)36-9(26,27)10(28,29)37-11(30,31)32/h1H2. The van der Waals surface area contributed by atoms with Crippen molar-refractivity contribution in [1.29, 1.82) is 0 Å². The van der Waals surface area contributed by atoms with Crippen molar-refractivity contribution in [3.8, 4) is 0 Å². The van der Waals surface area contributed by atoms with Gasteiger partial charge in [-0.05, 0) is 0 Å². The summed E-state index contributed by atoms with van der Waals surface area (Å²) in [5, 5.41) is 0. The van der Waals surface area contributed by atoms with E-state index in [1.165, 1.54) is 25.9 Å². The van der Waals surface area contributed by atoms with Crippen LogP contribution in [0.25, 0.3) is 0 Å². The second kappa shape index (κ2) is 9.51. The molecule has 0 unspecified atom stereocenters. The van der Waals surface area contributed by atoms with Crippen molar-refractivity contribution in [3.63, 3.8) is 0 Å². The fraction of sp³-hybridized carbons (Fsp3) is 0.909. The van der Waals surface area contributed by atoms with Crippen LogP contribution in [0.2, 0.25) is 0 Å². The Balaban J connectivity index is 6.01. The number of hydrogen-bond acceptors (Lipinski definition) is 5. The third-order valence-corrected chi connectivity index (χ3v) is 2.65. The SMILES string of the molecule is [CH2]C(F)(F)OC(F)(F)C(F)(F)OC(F)(F)C(F)(F)OC(F)(F)C(F)(F)OC(F)(F)C(F)(F)OC(F)(F)F. The normalized spacial score (nSPS) is 16.4. The molecule has 0 fully saturated rings. The fourth-order valence-corrected chi connectivity index (χ4v) is 1.29. The Labute approximate surface area is 185 Å². The summed E-state index contributed by atoms with van der Waals surface area (Å²) in [4.78, 5) is 0. The van der Waals surface area contributed by atoms with E-state index in [-0.39, 0.29) is 0 Å². The van der Waals surface area contributed by atoms with Gasteiger partial charge in [-0.1, -0.05) is 0 Å². The minimum atomic E-state index is -7.88. The van der Waals surface area contributed by atoms with E-state index >= 15 is 0 Å². The van der Waals surface area contributed by atoms with Gasteiger partial charge in [0.1, 0.15) is 0 Å². The number of rotatable bonds is 13. The highest BCUT2D eigenvalue weighted by Gasteiger charge is 2.78. The van der Waals surface area contributed by atoms with Crippen LogP contribution in [0.15, 0.2) is 0 Å². The van der Waals surface area contributed by atoms with Crippen molar-refractivity contribution in [2.75, 3.05) is 0 Å². The molecule has 0 bridgehead atoms. The van der Waals surface area contributed by atoms with Crippen LogP contribution in [0.4, 0.5) is 92.2 Å². The van der Waals surface area contributed by atoms with Gasteiger partial charge in [-0.3, -0.25) is 0 Å². The Morgan fingerprint density at radius 1 is 0.270 bits per heavy atom. The molecule has 0 saturated carbocycles. The lowest BCUT2D eigenvalue weighted by Crippen LogP contribution is -2.61. The van der Waals surface area contributed by atoms with Crippen molar-refractivity contribution in [3.05, 3.63) is 6.92 Å². The Hall–Kier alpha value is -1.67. The van der Waals surface area contributed by atoms with Gasteiger partial charge in [0.25, 0.3) is 0 Å². The van der Waals surface area contributed by atoms with Gasteiger partial charge in [0.15, 0.2) is 0 Å². The van der Waals surface area contributed by atoms with E-state index in [1.807, 2.05) is 4.74 Å². The Morgan fingerprint density at radius 3 is 0.595 bits per heavy atom. The summed E-state index contributed by atoms with van der Waals surface area (Å²) in [5.41, 5.74) is 0. The highest BCUT2D eigenvalue weighted by atomic mass is 19.4. The van der Waals surface area contributed by atoms with Crippen LogP contribution in [0.3, 0.4) is 0 Å². The second-order valence-electron chi connectivity index (χ2n) is 5.73. The van der Waals surface area contributed by atoms with Crippen molar-refractivity contribution >= 4 is 0 Å². The van der Waals surface area contributed by atoms with Crippen LogP contribution < -0.4 is 0 Å². The van der Waals surface area contributed by atoms with Gasteiger partial charge in [-0.15, -0.1) is 13.2 Å². The summed E-state index contributed by atoms with van der Waals surface area (Å²) < 4.78 is 273. The summed E-state index contributed by atoms with van der Waals surface area (Å²) in [5.74, 6) is 0. The van der Waals surface area contributed by atoms with E-state index < -0.39 is 61.3 Å². The number of ether oxygens (including phenoxy) is 5. The molecular formula is C11H2F21O5. The molecule has 26 heteroatoms. The molecule has 37 heavy (non-hydrogen) atoms. The third-order valence-electron chi connectivity index (χ3n) is 2.65. The van der Waals surface area contributed by atoms with Crippen molar-refractivity contribution in [2.24, 2.45) is 0 Å². The molecule has 0 atom stereocenters. The summed E-state index contributed by atoms with van der Waals surface area (Å²) >= 11 is 0. The molecule has 223 valence electrons. The molecule has 0 saturated heterocycles. The molecule has 0 aliphatic heterocycles. The van der Waals surface area contributed by atoms with E-state index in [2.05, 4.69) is 0 Å². The highest BCUT2D eigenvalue weighted by molar-refractivity contribution is 4.80. The topological polar surface area (TPSA) is 46.2 Å². The summed E-state index contributed by atoms with van der Waals surface area (Å²) in [6.07, 6.45) is -73.3. The van der Waals surface area contributed by atoms with Crippen LogP contribution >= 0.6 is 0 Å². The maximum absolute atomic E-state index is 13.1. The molecule has 0 aliphatic carbocycles. The van der Waals surface area contributed by atoms with Gasteiger partial charge >= 0.3 is 61.3 Å². The smallest absolute Gasteiger partial charge is 0.248 e. The van der Waals surface area contributed by atoms with Crippen LogP contribution in [0, 0.1) is 6.92 Å². The molecule has 0 aromatic rings. The minimum absolute atomic E-state index is 1.24. The quantitative estimate of drug-likeness (QED) is 0.215. The zero-order valence-electron chi connectivity index (χ0n) is 15.7. The Kier molecular flexibility index (Phi) is 9.08. The fourth-order valence-electron chi connectivity index (χ4n) is 1.29. The van der Waals surface area contributed by atoms with Gasteiger partial charge in [0.05, 0.1) is 0 Å². The molecule has 0 spiro atoms. The van der Waals surface area contributed by atoms with Crippen molar-refractivity contribution < 1.29 is 116 Å². The van der Waals surface area contributed by atoms with E-state index in [1.54, 1.807) is 0 Å². The highest BCUT2D eigenvalue weighted by Crippen LogP contribution is 2.52. The van der Waals surface area contributed by atoms with Gasteiger partial charge in [0.2, 0.25) is 0 Å². The van der Waals surface area contributed by atoms with Gasteiger partial charge in [0, 0.05) is 6.92 Å². The predicted molar refractivity (Wildman–Crippen MR) is 61.4 cm³/mol. The molecule has 1 radical (unpaired) electrons. The van der Waals surface area contributed by atoms with Crippen LogP contribution in [-0.2, 0) is 23.7 Å². The Bertz CT molecular complexity index is 719. The molecular weight excluding hydrogens is 611 g/mol. The molecule has 5 nitrogen and oxygen atoms in total. The molecule has 0 aromatic carbocycles. The van der Waals surface area contributed by atoms with E-state index in [9.17, 15) is 92.2 Å². The zero-order chi connectivity index (χ0) is 30.5. The average molecular weight is 613 g/mol. The van der Waals surface area contributed by atoms with Crippen LogP contribution in [-0.4, -0.2) is 61.3 Å². The lowest BCUT2D eigenvalue weighted by Gasteiger charge is -2.36. The first-order valence-corrected chi connectivity index (χ1v) is 7.36. The Morgan fingerprint density at radius 2 is 0.432 bits per heavy atom. The molecule has 0 aromatic heterocycles. The predicted octanol–water partition coefficient (Wildman–Crippen LogP) is 6.76. The number of alkyl halides is 21. The zero-order valence-corrected chi connectivity index (χ0v) is 15.7. The summed E-state index contributed by atoms with van der Waals surface area (Å²) in [6.45, 7) is 1.29. The largest absolute Gasteiger partial charge is 0.527 e. The van der Waals surface area contributed by atoms with Gasteiger partial charge in [-0.25, -0.2) is 23.7 Å². The van der Waals surface area contributed by atoms with Gasteiger partial charge in [-0.2, -0.15) is 79.0 Å². The third kappa shape index (κ3) is 8.67. The first-order chi connectivity index (χ1) is 15.5. The lowest BCUT2D eigenvalue weighted by molar-refractivity contribution is -0.589.